The number of halogens is 1. The molecule has 0 unspecified atom stereocenters. The van der Waals surface area contributed by atoms with Crippen LogP contribution in [0, 0.1) is 17.7 Å². The summed E-state index contributed by atoms with van der Waals surface area (Å²) in [5.41, 5.74) is 0.820. The molecular formula is C23H24FN3O2. The van der Waals surface area contributed by atoms with Crippen LogP contribution in [0.1, 0.15) is 30.7 Å². The van der Waals surface area contributed by atoms with Crippen LogP contribution in [0.5, 0.6) is 0 Å². The lowest BCUT2D eigenvalue weighted by molar-refractivity contribution is -0.0649. The molecule has 2 fully saturated rings. The van der Waals surface area contributed by atoms with Crippen LogP contribution >= 0.6 is 0 Å². The fourth-order valence-corrected chi connectivity index (χ4v) is 5.07. The van der Waals surface area contributed by atoms with E-state index in [1.54, 1.807) is 12.1 Å². The molecule has 1 N–H and O–H groups in total. The molecule has 0 bridgehead atoms. The van der Waals surface area contributed by atoms with E-state index < -0.39 is 5.60 Å². The molecule has 0 spiro atoms. The predicted molar refractivity (Wildman–Crippen MR) is 106 cm³/mol. The molecular weight excluding hydrogens is 369 g/mol. The van der Waals surface area contributed by atoms with Crippen LogP contribution in [0.2, 0.25) is 0 Å². The molecule has 0 amide bonds. The molecule has 6 heteroatoms. The van der Waals surface area contributed by atoms with Crippen molar-refractivity contribution in [2.24, 2.45) is 11.8 Å². The summed E-state index contributed by atoms with van der Waals surface area (Å²) in [5, 5.41) is 19.8. The minimum atomic E-state index is -0.777. The number of benzene rings is 2. The molecule has 1 saturated carbocycles. The van der Waals surface area contributed by atoms with Crippen LogP contribution in [-0.4, -0.2) is 33.3 Å². The van der Waals surface area contributed by atoms with Gasteiger partial charge in [-0.05, 0) is 48.9 Å². The van der Waals surface area contributed by atoms with Gasteiger partial charge < -0.3 is 9.52 Å². The van der Waals surface area contributed by atoms with Crippen LogP contribution < -0.4 is 0 Å². The molecule has 2 heterocycles. The zero-order chi connectivity index (χ0) is 19.8. The van der Waals surface area contributed by atoms with Crippen molar-refractivity contribution in [1.29, 1.82) is 0 Å². The zero-order valence-electron chi connectivity index (χ0n) is 16.2. The van der Waals surface area contributed by atoms with Gasteiger partial charge in [0, 0.05) is 24.6 Å². The average molecular weight is 393 g/mol. The summed E-state index contributed by atoms with van der Waals surface area (Å²) in [4.78, 5) is 2.29. The van der Waals surface area contributed by atoms with Crippen molar-refractivity contribution in [2.45, 2.75) is 31.4 Å². The van der Waals surface area contributed by atoms with Gasteiger partial charge in [-0.15, -0.1) is 10.2 Å². The second kappa shape index (κ2) is 7.35. The smallest absolute Gasteiger partial charge is 0.247 e. The molecule has 3 atom stereocenters. The molecule has 1 aliphatic carbocycles. The fourth-order valence-electron chi connectivity index (χ4n) is 5.07. The molecule has 5 nitrogen and oxygen atoms in total. The van der Waals surface area contributed by atoms with E-state index in [4.69, 9.17) is 4.42 Å². The first-order valence-corrected chi connectivity index (χ1v) is 10.2. The van der Waals surface area contributed by atoms with E-state index in [1.165, 1.54) is 12.1 Å². The quantitative estimate of drug-likeness (QED) is 0.726. The van der Waals surface area contributed by atoms with E-state index in [2.05, 4.69) is 15.1 Å². The highest BCUT2D eigenvalue weighted by Crippen LogP contribution is 2.48. The van der Waals surface area contributed by atoms with Crippen LogP contribution in [-0.2, 0) is 12.1 Å². The van der Waals surface area contributed by atoms with Gasteiger partial charge in [0.05, 0.1) is 12.1 Å². The first-order valence-electron chi connectivity index (χ1n) is 10.2. The number of aliphatic hydroxyl groups is 1. The number of nitrogens with zero attached hydrogens (tertiary/aromatic N) is 3. The van der Waals surface area contributed by atoms with Gasteiger partial charge in [0.25, 0.3) is 0 Å². The Morgan fingerprint density at radius 2 is 1.97 bits per heavy atom. The molecule has 2 aromatic carbocycles. The van der Waals surface area contributed by atoms with Crippen LogP contribution in [0.15, 0.2) is 59.0 Å². The maximum absolute atomic E-state index is 13.4. The van der Waals surface area contributed by atoms with Crippen LogP contribution in [0.4, 0.5) is 4.39 Å². The summed E-state index contributed by atoms with van der Waals surface area (Å²) in [7, 11) is 0. The summed E-state index contributed by atoms with van der Waals surface area (Å²) in [5.74, 6) is 1.18. The third kappa shape index (κ3) is 3.47. The van der Waals surface area contributed by atoms with Crippen molar-refractivity contribution in [3.8, 4) is 11.5 Å². The van der Waals surface area contributed by atoms with E-state index in [0.717, 1.165) is 37.9 Å². The minimum absolute atomic E-state index is 0.198. The Labute approximate surface area is 169 Å². The lowest BCUT2D eigenvalue weighted by Gasteiger charge is -2.41. The van der Waals surface area contributed by atoms with Crippen molar-refractivity contribution in [3.63, 3.8) is 0 Å². The second-order valence-corrected chi connectivity index (χ2v) is 8.25. The highest BCUT2D eigenvalue weighted by atomic mass is 19.1. The summed E-state index contributed by atoms with van der Waals surface area (Å²) < 4.78 is 19.2. The molecule has 5 rings (SSSR count). The van der Waals surface area contributed by atoms with Crippen molar-refractivity contribution in [1.82, 2.24) is 15.1 Å². The molecule has 29 heavy (non-hydrogen) atoms. The standard InChI is InChI=1S/C23H24FN3O2/c24-19-10-4-6-16(12-19)22-26-25-21(29-22)15-27-13-17-7-5-11-23(28,20(17)14-27)18-8-2-1-3-9-18/h1-4,6,8-10,12,17,20,28H,5,7,11,13-15H2/t17-,20+,23+/m0/s1. The third-order valence-corrected chi connectivity index (χ3v) is 6.43. The number of hydrogen-bond donors (Lipinski definition) is 1. The third-order valence-electron chi connectivity index (χ3n) is 6.43. The van der Waals surface area contributed by atoms with Gasteiger partial charge in [-0.3, -0.25) is 4.90 Å². The van der Waals surface area contributed by atoms with E-state index in [9.17, 15) is 9.50 Å². The van der Waals surface area contributed by atoms with Crippen molar-refractivity contribution in [3.05, 3.63) is 71.9 Å². The topological polar surface area (TPSA) is 62.4 Å². The van der Waals surface area contributed by atoms with E-state index in [1.807, 2.05) is 30.3 Å². The molecule has 3 aromatic rings. The largest absolute Gasteiger partial charge is 0.419 e. The van der Waals surface area contributed by atoms with Gasteiger partial charge in [-0.2, -0.15) is 0 Å². The summed E-state index contributed by atoms with van der Waals surface area (Å²) >= 11 is 0. The van der Waals surface area contributed by atoms with Gasteiger partial charge >= 0.3 is 0 Å². The van der Waals surface area contributed by atoms with Crippen molar-refractivity contribution in [2.75, 3.05) is 13.1 Å². The highest BCUT2D eigenvalue weighted by Gasteiger charge is 2.49. The minimum Gasteiger partial charge on any atom is -0.419 e. The van der Waals surface area contributed by atoms with E-state index >= 15 is 0 Å². The Bertz CT molecular complexity index is 993. The molecule has 1 aliphatic heterocycles. The monoisotopic (exact) mass is 393 g/mol. The Morgan fingerprint density at radius 1 is 1.10 bits per heavy atom. The molecule has 0 radical (unpaired) electrons. The van der Waals surface area contributed by atoms with Crippen molar-refractivity contribution >= 4 is 0 Å². The lowest BCUT2D eigenvalue weighted by atomic mass is 9.67. The van der Waals surface area contributed by atoms with Crippen LogP contribution in [0.3, 0.4) is 0 Å². The Morgan fingerprint density at radius 3 is 2.79 bits per heavy atom. The van der Waals surface area contributed by atoms with Gasteiger partial charge in [0.2, 0.25) is 11.8 Å². The zero-order valence-corrected chi connectivity index (χ0v) is 16.2. The van der Waals surface area contributed by atoms with Gasteiger partial charge in [-0.25, -0.2) is 4.39 Å². The maximum Gasteiger partial charge on any atom is 0.247 e. The normalized spacial score (nSPS) is 27.1. The van der Waals surface area contributed by atoms with Gasteiger partial charge in [0.1, 0.15) is 5.82 Å². The van der Waals surface area contributed by atoms with E-state index in [-0.39, 0.29) is 11.7 Å². The number of rotatable bonds is 4. The first kappa shape index (κ1) is 18.5. The highest BCUT2D eigenvalue weighted by molar-refractivity contribution is 5.52. The van der Waals surface area contributed by atoms with Crippen molar-refractivity contribution < 1.29 is 13.9 Å². The number of fused-ring (bicyclic) bond motifs is 1. The SMILES string of the molecule is O[C@@]1(c2ccccc2)CCC[C@H]2CN(Cc3nnc(-c4cccc(F)c4)o3)C[C@H]21. The first-order chi connectivity index (χ1) is 14.1. The summed E-state index contributed by atoms with van der Waals surface area (Å²) in [6.45, 7) is 2.26. The number of likely N-dealkylation sites (tertiary alicyclic amines) is 1. The lowest BCUT2D eigenvalue weighted by Crippen LogP contribution is -2.42. The molecule has 1 aromatic heterocycles. The Balaban J connectivity index is 1.32. The van der Waals surface area contributed by atoms with Gasteiger partial charge in [0.15, 0.2) is 0 Å². The number of hydrogen-bond acceptors (Lipinski definition) is 5. The Hall–Kier alpha value is -2.57. The molecule has 1 saturated heterocycles. The van der Waals surface area contributed by atoms with Gasteiger partial charge in [-0.1, -0.05) is 36.4 Å². The molecule has 150 valence electrons. The maximum atomic E-state index is 13.4. The summed E-state index contributed by atoms with van der Waals surface area (Å²) in [6.07, 6.45) is 2.97. The predicted octanol–water partition coefficient (Wildman–Crippen LogP) is 4.00. The van der Waals surface area contributed by atoms with Crippen LogP contribution in [0.25, 0.3) is 11.5 Å². The second-order valence-electron chi connectivity index (χ2n) is 8.25. The number of aromatic nitrogens is 2. The van der Waals surface area contributed by atoms with E-state index in [0.29, 0.717) is 29.8 Å². The fraction of sp³-hybridized carbons (Fsp3) is 0.391. The Kier molecular flexibility index (Phi) is 4.68. The molecule has 2 aliphatic rings. The average Bonchev–Trinajstić information content (AvgIpc) is 3.37. The summed E-state index contributed by atoms with van der Waals surface area (Å²) in [6, 6.07) is 16.2.